The lowest BCUT2D eigenvalue weighted by Gasteiger charge is -2.29. The van der Waals surface area contributed by atoms with E-state index in [1.165, 1.54) is 31.6 Å². The average molecular weight is 397 g/mol. The predicted molar refractivity (Wildman–Crippen MR) is 92.4 cm³/mol. The van der Waals surface area contributed by atoms with E-state index in [0.29, 0.717) is 17.1 Å². The molecule has 1 aliphatic rings. The number of imidazole rings is 1. The molecule has 1 amide bonds. The summed E-state index contributed by atoms with van der Waals surface area (Å²) in [5.74, 6) is 0.0161. The molecule has 0 saturated heterocycles. The summed E-state index contributed by atoms with van der Waals surface area (Å²) >= 11 is 0. The Balaban J connectivity index is 1.60. The van der Waals surface area contributed by atoms with Crippen molar-refractivity contribution in [1.82, 2.24) is 14.9 Å². The van der Waals surface area contributed by atoms with Crippen LogP contribution in [-0.4, -0.2) is 40.1 Å². The lowest BCUT2D eigenvalue weighted by Crippen LogP contribution is -2.46. The van der Waals surface area contributed by atoms with Crippen molar-refractivity contribution in [3.8, 4) is 11.5 Å². The van der Waals surface area contributed by atoms with Crippen molar-refractivity contribution in [1.29, 1.82) is 0 Å². The molecule has 0 spiro atoms. The lowest BCUT2D eigenvalue weighted by atomic mass is 9.97. The van der Waals surface area contributed by atoms with Crippen LogP contribution in [0.1, 0.15) is 17.8 Å². The van der Waals surface area contributed by atoms with Gasteiger partial charge in [-0.1, -0.05) is 6.07 Å². The van der Waals surface area contributed by atoms with Crippen molar-refractivity contribution >= 4 is 12.0 Å². The van der Waals surface area contributed by atoms with E-state index in [9.17, 15) is 23.1 Å². The zero-order chi connectivity index (χ0) is 20.4. The molecule has 7 nitrogen and oxygen atoms in total. The molecule has 1 atom stereocenters. The monoisotopic (exact) mass is 397 g/mol. The third kappa shape index (κ3) is 3.96. The molecule has 1 aliphatic heterocycles. The first kappa shape index (κ1) is 19.7. The molecule has 1 aromatic heterocycles. The number of halogens is 3. The van der Waals surface area contributed by atoms with Crippen LogP contribution >= 0.6 is 0 Å². The SMILES string of the molecule is Cn1ccnc1C(O)(CCNC(=O)/C=C/c1ccc2c(c1)OCO2)C(F)(F)F. The minimum absolute atomic E-state index is 0.126. The van der Waals surface area contributed by atoms with Crippen LogP contribution in [0.15, 0.2) is 36.7 Å². The fourth-order valence-electron chi connectivity index (χ4n) is 2.76. The second-order valence-electron chi connectivity index (χ2n) is 6.21. The maximum atomic E-state index is 13.4. The number of fused-ring (bicyclic) bond motifs is 1. The molecule has 2 heterocycles. The molecular formula is C18H18F3N3O4. The van der Waals surface area contributed by atoms with Gasteiger partial charge < -0.3 is 24.5 Å². The van der Waals surface area contributed by atoms with Crippen molar-refractivity contribution in [2.45, 2.75) is 18.2 Å². The number of nitrogens with one attached hydrogen (secondary N) is 1. The number of ether oxygens (including phenoxy) is 2. The van der Waals surface area contributed by atoms with Crippen LogP contribution in [0.2, 0.25) is 0 Å². The molecule has 0 saturated carbocycles. The molecule has 2 N–H and O–H groups in total. The maximum Gasteiger partial charge on any atom is 0.424 e. The Bertz CT molecular complexity index is 894. The highest BCUT2D eigenvalue weighted by Gasteiger charge is 2.57. The number of carbonyl (C=O) groups excluding carboxylic acids is 1. The molecule has 3 rings (SSSR count). The summed E-state index contributed by atoms with van der Waals surface area (Å²) < 4.78 is 51.7. The Morgan fingerprint density at radius 3 is 2.79 bits per heavy atom. The summed E-state index contributed by atoms with van der Waals surface area (Å²) in [7, 11) is 1.35. The number of aliphatic hydroxyl groups is 1. The van der Waals surface area contributed by atoms with E-state index in [4.69, 9.17) is 9.47 Å². The number of nitrogens with zero attached hydrogens (tertiary/aromatic N) is 2. The first-order chi connectivity index (χ1) is 13.2. The molecule has 2 aromatic rings. The van der Waals surface area contributed by atoms with Crippen LogP contribution in [0.25, 0.3) is 6.08 Å². The topological polar surface area (TPSA) is 85.6 Å². The number of amides is 1. The van der Waals surface area contributed by atoms with E-state index in [1.807, 2.05) is 0 Å². The molecule has 1 unspecified atom stereocenters. The van der Waals surface area contributed by atoms with E-state index in [-0.39, 0.29) is 6.79 Å². The summed E-state index contributed by atoms with van der Waals surface area (Å²) in [6.45, 7) is -0.270. The average Bonchev–Trinajstić information content (AvgIpc) is 3.27. The van der Waals surface area contributed by atoms with Crippen LogP contribution in [0.4, 0.5) is 13.2 Å². The highest BCUT2D eigenvalue weighted by molar-refractivity contribution is 5.91. The maximum absolute atomic E-state index is 13.4. The number of aromatic nitrogens is 2. The Kier molecular flexibility index (Phi) is 5.32. The largest absolute Gasteiger partial charge is 0.454 e. The number of hydrogen-bond acceptors (Lipinski definition) is 5. The number of rotatable bonds is 6. The van der Waals surface area contributed by atoms with Gasteiger partial charge in [0.05, 0.1) is 0 Å². The third-order valence-electron chi connectivity index (χ3n) is 4.27. The van der Waals surface area contributed by atoms with E-state index in [1.54, 1.807) is 18.2 Å². The first-order valence-corrected chi connectivity index (χ1v) is 8.33. The summed E-state index contributed by atoms with van der Waals surface area (Å²) in [6, 6.07) is 5.08. The molecule has 0 radical (unpaired) electrons. The molecular weight excluding hydrogens is 379 g/mol. The van der Waals surface area contributed by atoms with Gasteiger partial charge in [-0.2, -0.15) is 13.2 Å². The Morgan fingerprint density at radius 2 is 2.11 bits per heavy atom. The van der Waals surface area contributed by atoms with Crippen molar-refractivity contribution in [3.05, 3.63) is 48.1 Å². The summed E-state index contributed by atoms with van der Waals surface area (Å²) in [6.07, 6.45) is -0.571. The van der Waals surface area contributed by atoms with Crippen molar-refractivity contribution in [2.75, 3.05) is 13.3 Å². The standard InChI is InChI=1S/C18H18F3N3O4/c1-24-9-8-23-16(24)17(26,18(19,20)21)6-7-22-15(25)5-3-12-2-4-13-14(10-12)28-11-27-13/h2-5,8-10,26H,6-7,11H2,1H3,(H,22,25)/b5-3+. The second kappa shape index (κ2) is 7.55. The zero-order valence-electron chi connectivity index (χ0n) is 14.9. The predicted octanol–water partition coefficient (Wildman–Crippen LogP) is 2.12. The Morgan fingerprint density at radius 1 is 1.36 bits per heavy atom. The summed E-state index contributed by atoms with van der Waals surface area (Å²) in [5.41, 5.74) is -2.50. The van der Waals surface area contributed by atoms with Crippen LogP contribution in [0.3, 0.4) is 0 Å². The second-order valence-corrected chi connectivity index (χ2v) is 6.21. The van der Waals surface area contributed by atoms with Gasteiger partial charge >= 0.3 is 6.18 Å². The van der Waals surface area contributed by atoms with E-state index in [0.717, 1.165) is 4.57 Å². The van der Waals surface area contributed by atoms with Crippen molar-refractivity contribution in [3.63, 3.8) is 0 Å². The number of aryl methyl sites for hydroxylation is 1. The van der Waals surface area contributed by atoms with Gasteiger partial charge in [-0.05, 0) is 23.8 Å². The molecule has 0 fully saturated rings. The lowest BCUT2D eigenvalue weighted by molar-refractivity contribution is -0.272. The molecule has 10 heteroatoms. The van der Waals surface area contributed by atoms with Gasteiger partial charge in [0.15, 0.2) is 11.5 Å². The Hall–Kier alpha value is -3.01. The van der Waals surface area contributed by atoms with E-state index < -0.39 is 36.5 Å². The highest BCUT2D eigenvalue weighted by Crippen LogP contribution is 2.40. The van der Waals surface area contributed by atoms with Gasteiger partial charge in [0.2, 0.25) is 18.3 Å². The molecule has 150 valence electrons. The number of hydrogen-bond donors (Lipinski definition) is 2. The van der Waals surface area contributed by atoms with Crippen LogP contribution in [0.5, 0.6) is 11.5 Å². The summed E-state index contributed by atoms with van der Waals surface area (Å²) in [4.78, 5) is 15.5. The van der Waals surface area contributed by atoms with Crippen molar-refractivity contribution in [2.24, 2.45) is 7.05 Å². The van der Waals surface area contributed by atoms with Crippen LogP contribution in [-0.2, 0) is 17.4 Å². The molecule has 1 aromatic carbocycles. The fraction of sp³-hybridized carbons (Fsp3) is 0.333. The van der Waals surface area contributed by atoms with Gasteiger partial charge in [0.1, 0.15) is 5.82 Å². The first-order valence-electron chi connectivity index (χ1n) is 8.33. The Labute approximate surface area is 158 Å². The fourth-order valence-corrected chi connectivity index (χ4v) is 2.76. The quantitative estimate of drug-likeness (QED) is 0.730. The normalized spacial score (nSPS) is 15.6. The number of carbonyl (C=O) groups is 1. The van der Waals surface area contributed by atoms with Gasteiger partial charge in [0.25, 0.3) is 0 Å². The van der Waals surface area contributed by atoms with Crippen molar-refractivity contribution < 1.29 is 32.5 Å². The summed E-state index contributed by atoms with van der Waals surface area (Å²) in [5, 5.41) is 12.5. The van der Waals surface area contributed by atoms with Crippen LogP contribution in [0, 0.1) is 0 Å². The minimum atomic E-state index is -4.95. The smallest absolute Gasteiger partial charge is 0.424 e. The van der Waals surface area contributed by atoms with E-state index in [2.05, 4.69) is 10.3 Å². The van der Waals surface area contributed by atoms with Gasteiger partial charge in [0, 0.05) is 38.5 Å². The number of benzene rings is 1. The third-order valence-corrected chi connectivity index (χ3v) is 4.27. The minimum Gasteiger partial charge on any atom is -0.454 e. The molecule has 0 aliphatic carbocycles. The van der Waals surface area contributed by atoms with Gasteiger partial charge in [-0.15, -0.1) is 0 Å². The number of alkyl halides is 3. The zero-order valence-corrected chi connectivity index (χ0v) is 14.9. The molecule has 28 heavy (non-hydrogen) atoms. The van der Waals surface area contributed by atoms with Gasteiger partial charge in [-0.25, -0.2) is 4.98 Å². The highest BCUT2D eigenvalue weighted by atomic mass is 19.4. The van der Waals surface area contributed by atoms with E-state index >= 15 is 0 Å². The van der Waals surface area contributed by atoms with Crippen LogP contribution < -0.4 is 14.8 Å². The molecule has 0 bridgehead atoms. The van der Waals surface area contributed by atoms with Gasteiger partial charge in [-0.3, -0.25) is 4.79 Å².